The Labute approximate surface area is 233 Å². The molecule has 0 bridgehead atoms. The van der Waals surface area contributed by atoms with Crippen molar-refractivity contribution in [2.45, 2.75) is 13.2 Å². The third-order valence-electron chi connectivity index (χ3n) is 5.54. The lowest BCUT2D eigenvalue weighted by atomic mass is 10.1. The van der Waals surface area contributed by atoms with E-state index in [0.717, 1.165) is 11.1 Å². The summed E-state index contributed by atoms with van der Waals surface area (Å²) in [6.45, 7) is 0.638. The van der Waals surface area contributed by atoms with Crippen LogP contribution in [0.15, 0.2) is 108 Å². The predicted octanol–water partition coefficient (Wildman–Crippen LogP) is 6.45. The number of benzene rings is 3. The van der Waals surface area contributed by atoms with Crippen LogP contribution in [0, 0.1) is 0 Å². The molecule has 8 nitrogen and oxygen atoms in total. The van der Waals surface area contributed by atoms with E-state index in [4.69, 9.17) is 9.47 Å². The summed E-state index contributed by atoms with van der Waals surface area (Å²) in [6.07, 6.45) is 3.29. The summed E-state index contributed by atoms with van der Waals surface area (Å²) in [7, 11) is -5.19. The molecular weight excluding hydrogens is 589 g/mol. The van der Waals surface area contributed by atoms with E-state index in [1.807, 2.05) is 66.7 Å². The number of pyridine rings is 1. The standard InChI is InChI=1S/C28H21BrFN3O5S/c29-23-12-11-22(15-26(23)38-39(30,34)35)24-16-33(19-31-24)25-13-14-27(36-17-20-7-3-1-4-8-20)32-28(25)37-18-21-9-5-2-6-10-21/h1-16,19H,17-18H2. The highest BCUT2D eigenvalue weighted by Crippen LogP contribution is 2.33. The normalized spacial score (nSPS) is 11.2. The minimum atomic E-state index is -5.19. The molecule has 198 valence electrons. The lowest BCUT2D eigenvalue weighted by Crippen LogP contribution is -2.04. The van der Waals surface area contributed by atoms with E-state index >= 15 is 0 Å². The molecule has 0 saturated heterocycles. The summed E-state index contributed by atoms with van der Waals surface area (Å²) in [6, 6.07) is 27.6. The first-order valence-electron chi connectivity index (χ1n) is 11.7. The third-order valence-corrected chi connectivity index (χ3v) is 6.57. The number of rotatable bonds is 10. The summed E-state index contributed by atoms with van der Waals surface area (Å²) in [4.78, 5) is 9.02. The molecule has 0 N–H and O–H groups in total. The maximum Gasteiger partial charge on any atom is 0.488 e. The summed E-state index contributed by atoms with van der Waals surface area (Å²) in [5.41, 5.74) is 3.59. The predicted molar refractivity (Wildman–Crippen MR) is 147 cm³/mol. The lowest BCUT2D eigenvalue weighted by molar-refractivity contribution is 0.267. The Hall–Kier alpha value is -4.22. The average Bonchev–Trinajstić information content (AvgIpc) is 3.42. The number of nitrogens with zero attached hydrogens (tertiary/aromatic N) is 3. The molecule has 0 aliphatic rings. The molecule has 0 radical (unpaired) electrons. The molecule has 11 heteroatoms. The lowest BCUT2D eigenvalue weighted by Gasteiger charge is -2.13. The minimum absolute atomic E-state index is 0.196. The van der Waals surface area contributed by atoms with Gasteiger partial charge in [0, 0.05) is 17.8 Å². The second kappa shape index (κ2) is 11.7. The van der Waals surface area contributed by atoms with Gasteiger partial charge in [-0.1, -0.05) is 70.6 Å². The molecule has 2 heterocycles. The van der Waals surface area contributed by atoms with Crippen molar-refractivity contribution in [1.82, 2.24) is 14.5 Å². The van der Waals surface area contributed by atoms with Crippen LogP contribution in [0.4, 0.5) is 3.89 Å². The molecule has 0 spiro atoms. The van der Waals surface area contributed by atoms with Crippen molar-refractivity contribution >= 4 is 26.4 Å². The van der Waals surface area contributed by atoms with E-state index < -0.39 is 10.5 Å². The molecule has 2 aromatic heterocycles. The molecule has 0 amide bonds. The first kappa shape index (κ1) is 26.4. The van der Waals surface area contributed by atoms with E-state index in [1.165, 1.54) is 6.07 Å². The van der Waals surface area contributed by atoms with Gasteiger partial charge in [0.15, 0.2) is 5.75 Å². The van der Waals surface area contributed by atoms with Crippen molar-refractivity contribution in [3.63, 3.8) is 0 Å². The summed E-state index contributed by atoms with van der Waals surface area (Å²) in [5, 5.41) is 0. The van der Waals surface area contributed by atoms with Crippen LogP contribution in [0.1, 0.15) is 11.1 Å². The van der Waals surface area contributed by atoms with Crippen LogP contribution in [0.2, 0.25) is 0 Å². The molecule has 0 unspecified atom stereocenters. The molecule has 0 fully saturated rings. The third kappa shape index (κ3) is 7.01. The number of halogens is 2. The van der Waals surface area contributed by atoms with Crippen molar-refractivity contribution < 1.29 is 26.0 Å². The van der Waals surface area contributed by atoms with E-state index in [2.05, 4.69) is 30.1 Å². The Bertz CT molecular complexity index is 1680. The Morgan fingerprint density at radius 3 is 2.18 bits per heavy atom. The first-order valence-corrected chi connectivity index (χ1v) is 13.8. The largest absolute Gasteiger partial charge is 0.488 e. The van der Waals surface area contributed by atoms with Crippen LogP contribution in [-0.4, -0.2) is 23.0 Å². The Kier molecular flexibility index (Phi) is 7.89. The molecular formula is C28H21BrFN3O5S. The van der Waals surface area contributed by atoms with Gasteiger partial charge in [-0.2, -0.15) is 13.4 Å². The number of imidazole rings is 1. The topological polar surface area (TPSA) is 92.5 Å². The van der Waals surface area contributed by atoms with E-state index in [1.54, 1.807) is 35.3 Å². The fraction of sp³-hybridized carbons (Fsp3) is 0.0714. The fourth-order valence-corrected chi connectivity index (χ4v) is 4.48. The highest BCUT2D eigenvalue weighted by atomic mass is 79.9. The number of ether oxygens (including phenoxy) is 2. The average molecular weight is 610 g/mol. The van der Waals surface area contributed by atoms with Crippen molar-refractivity contribution in [3.8, 4) is 34.5 Å². The van der Waals surface area contributed by atoms with Gasteiger partial charge >= 0.3 is 10.5 Å². The zero-order valence-corrected chi connectivity index (χ0v) is 22.7. The summed E-state index contributed by atoms with van der Waals surface area (Å²) >= 11 is 3.16. The summed E-state index contributed by atoms with van der Waals surface area (Å²) in [5.74, 6) is 0.530. The summed E-state index contributed by atoms with van der Waals surface area (Å²) < 4.78 is 53.5. The molecule has 39 heavy (non-hydrogen) atoms. The van der Waals surface area contributed by atoms with Gasteiger partial charge in [0.2, 0.25) is 11.8 Å². The van der Waals surface area contributed by atoms with Crippen molar-refractivity contribution in [2.24, 2.45) is 0 Å². The Balaban J connectivity index is 1.43. The molecule has 0 aliphatic carbocycles. The van der Waals surface area contributed by atoms with Crippen LogP contribution in [0.3, 0.4) is 0 Å². The van der Waals surface area contributed by atoms with E-state index in [-0.39, 0.29) is 16.8 Å². The van der Waals surface area contributed by atoms with Crippen molar-refractivity contribution in [1.29, 1.82) is 0 Å². The molecule has 5 aromatic rings. The van der Waals surface area contributed by atoms with Gasteiger partial charge in [-0.3, -0.25) is 0 Å². The molecule has 0 atom stereocenters. The Morgan fingerprint density at radius 1 is 0.846 bits per heavy atom. The van der Waals surface area contributed by atoms with Crippen LogP contribution in [0.5, 0.6) is 17.5 Å². The fourth-order valence-electron chi connectivity index (χ4n) is 3.69. The molecule has 0 aliphatic heterocycles. The maximum atomic E-state index is 13.1. The molecule has 0 saturated carbocycles. The quantitative estimate of drug-likeness (QED) is 0.168. The number of hydrogen-bond donors (Lipinski definition) is 0. The van der Waals surface area contributed by atoms with Gasteiger partial charge in [-0.15, -0.1) is 0 Å². The smallest absolute Gasteiger partial charge is 0.473 e. The van der Waals surface area contributed by atoms with E-state index in [9.17, 15) is 12.3 Å². The number of aromatic nitrogens is 3. The molecule has 5 rings (SSSR count). The number of hydrogen-bond acceptors (Lipinski definition) is 7. The zero-order chi connectivity index (χ0) is 27.2. The van der Waals surface area contributed by atoms with Crippen LogP contribution in [-0.2, 0) is 23.7 Å². The maximum absolute atomic E-state index is 13.1. The second-order valence-electron chi connectivity index (χ2n) is 8.31. The second-order valence-corrected chi connectivity index (χ2v) is 10.1. The van der Waals surface area contributed by atoms with Gasteiger partial charge in [0.25, 0.3) is 0 Å². The zero-order valence-electron chi connectivity index (χ0n) is 20.3. The monoisotopic (exact) mass is 609 g/mol. The van der Waals surface area contributed by atoms with Crippen LogP contribution >= 0.6 is 15.9 Å². The molecule has 3 aromatic carbocycles. The Morgan fingerprint density at radius 2 is 1.51 bits per heavy atom. The minimum Gasteiger partial charge on any atom is -0.473 e. The van der Waals surface area contributed by atoms with Gasteiger partial charge in [-0.25, -0.2) is 4.98 Å². The van der Waals surface area contributed by atoms with Gasteiger partial charge in [0.1, 0.15) is 25.2 Å². The highest BCUT2D eigenvalue weighted by molar-refractivity contribution is 9.10. The highest BCUT2D eigenvalue weighted by Gasteiger charge is 2.16. The van der Waals surface area contributed by atoms with Crippen LogP contribution in [0.25, 0.3) is 16.9 Å². The first-order chi connectivity index (χ1) is 18.8. The van der Waals surface area contributed by atoms with Crippen LogP contribution < -0.4 is 13.7 Å². The van der Waals surface area contributed by atoms with Crippen molar-refractivity contribution in [2.75, 3.05) is 0 Å². The van der Waals surface area contributed by atoms with Gasteiger partial charge in [-0.05, 0) is 45.3 Å². The SMILES string of the molecule is O=S(=O)(F)Oc1cc(-c2cn(-c3ccc(OCc4ccccc4)nc3OCc3ccccc3)cn2)ccc1Br. The van der Waals surface area contributed by atoms with Gasteiger partial charge < -0.3 is 18.2 Å². The van der Waals surface area contributed by atoms with Crippen molar-refractivity contribution in [3.05, 3.63) is 119 Å². The van der Waals surface area contributed by atoms with Gasteiger partial charge in [0.05, 0.1) is 10.2 Å². The van der Waals surface area contributed by atoms with E-state index in [0.29, 0.717) is 35.3 Å².